The third kappa shape index (κ3) is 1.80. The highest BCUT2D eigenvalue weighted by molar-refractivity contribution is 7.90. The van der Waals surface area contributed by atoms with Crippen LogP contribution in [0, 0.1) is 11.3 Å². The van der Waals surface area contributed by atoms with Gasteiger partial charge in [-0.05, 0) is 56.3 Å². The van der Waals surface area contributed by atoms with Gasteiger partial charge in [-0.3, -0.25) is 0 Å². The molecule has 0 aromatic heterocycles. The van der Waals surface area contributed by atoms with E-state index in [1.54, 1.807) is 0 Å². The van der Waals surface area contributed by atoms with E-state index in [4.69, 9.17) is 0 Å². The van der Waals surface area contributed by atoms with Gasteiger partial charge in [-0.2, -0.15) is 0 Å². The summed E-state index contributed by atoms with van der Waals surface area (Å²) in [5, 5.41) is -0.0810. The molecule has 0 heterocycles. The molecule has 0 atom stereocenters. The van der Waals surface area contributed by atoms with Crippen molar-refractivity contribution in [1.29, 1.82) is 0 Å². The first kappa shape index (κ1) is 11.0. The van der Waals surface area contributed by atoms with Gasteiger partial charge in [0.2, 0.25) is 10.0 Å². The van der Waals surface area contributed by atoms with Crippen LogP contribution in [0.15, 0.2) is 0 Å². The lowest BCUT2D eigenvalue weighted by Gasteiger charge is -2.30. The molecule has 0 aromatic carbocycles. The van der Waals surface area contributed by atoms with E-state index in [1.165, 1.54) is 32.1 Å². The highest BCUT2D eigenvalue weighted by Gasteiger charge is 2.45. The zero-order valence-corrected chi connectivity index (χ0v) is 10.6. The van der Waals surface area contributed by atoms with E-state index in [0.29, 0.717) is 12.0 Å². The number of rotatable bonds is 4. The quantitative estimate of drug-likeness (QED) is 0.821. The third-order valence-corrected chi connectivity index (χ3v) is 6.92. The summed E-state index contributed by atoms with van der Waals surface area (Å²) in [5.41, 5.74) is 0.335. The number of hydrogen-bond acceptors (Lipinski definition) is 2. The van der Waals surface area contributed by atoms with Gasteiger partial charge >= 0.3 is 0 Å². The Hall–Kier alpha value is -0.0900. The molecule has 3 rings (SSSR count). The molecule has 1 N–H and O–H groups in total. The number of hydrogen-bond donors (Lipinski definition) is 1. The second-order valence-corrected chi connectivity index (χ2v) is 8.11. The maximum Gasteiger partial charge on any atom is 0.214 e. The van der Waals surface area contributed by atoms with Crippen LogP contribution in [-0.4, -0.2) is 20.2 Å². The van der Waals surface area contributed by atoms with Gasteiger partial charge in [0.1, 0.15) is 0 Å². The summed E-state index contributed by atoms with van der Waals surface area (Å²) in [6.07, 6.45) is 9.21. The lowest BCUT2D eigenvalue weighted by molar-refractivity contribution is 0.294. The minimum atomic E-state index is -2.99. The van der Waals surface area contributed by atoms with Gasteiger partial charge in [0.15, 0.2) is 0 Å². The molecule has 0 radical (unpaired) electrons. The summed E-state index contributed by atoms with van der Waals surface area (Å²) in [6, 6.07) is 0. The van der Waals surface area contributed by atoms with Crippen molar-refractivity contribution in [2.24, 2.45) is 11.3 Å². The SMILES string of the molecule is O=S(=O)(NCC12CCC(CC1)C2)C1CCC1. The molecule has 2 bridgehead atoms. The van der Waals surface area contributed by atoms with E-state index in [9.17, 15) is 8.42 Å². The van der Waals surface area contributed by atoms with Crippen LogP contribution < -0.4 is 4.72 Å². The number of sulfonamides is 1. The molecule has 0 spiro atoms. The van der Waals surface area contributed by atoms with Crippen molar-refractivity contribution < 1.29 is 8.42 Å². The van der Waals surface area contributed by atoms with Crippen LogP contribution in [0.5, 0.6) is 0 Å². The first-order chi connectivity index (χ1) is 7.60. The van der Waals surface area contributed by atoms with Crippen molar-refractivity contribution in [2.75, 3.05) is 6.54 Å². The Labute approximate surface area is 98.0 Å². The Morgan fingerprint density at radius 3 is 2.25 bits per heavy atom. The first-order valence-electron chi connectivity index (χ1n) is 6.58. The molecule has 3 saturated carbocycles. The summed E-state index contributed by atoms with van der Waals surface area (Å²) in [7, 11) is -2.99. The van der Waals surface area contributed by atoms with E-state index in [2.05, 4.69) is 4.72 Å². The van der Waals surface area contributed by atoms with Crippen molar-refractivity contribution in [1.82, 2.24) is 4.72 Å². The predicted octanol–water partition coefficient (Wildman–Crippen LogP) is 2.04. The average molecular weight is 243 g/mol. The molecule has 0 amide bonds. The zero-order chi connectivity index (χ0) is 11.2. The van der Waals surface area contributed by atoms with Crippen LogP contribution in [0.2, 0.25) is 0 Å². The van der Waals surface area contributed by atoms with Crippen molar-refractivity contribution >= 4 is 10.0 Å². The highest BCUT2D eigenvalue weighted by Crippen LogP contribution is 2.53. The lowest BCUT2D eigenvalue weighted by atomic mass is 9.85. The van der Waals surface area contributed by atoms with Gasteiger partial charge in [0.05, 0.1) is 5.25 Å². The van der Waals surface area contributed by atoms with E-state index in [-0.39, 0.29) is 5.25 Å². The van der Waals surface area contributed by atoms with Crippen LogP contribution in [0.3, 0.4) is 0 Å². The smallest absolute Gasteiger partial charge is 0.214 e. The van der Waals surface area contributed by atoms with Crippen LogP contribution in [0.1, 0.15) is 51.4 Å². The zero-order valence-electron chi connectivity index (χ0n) is 9.74. The predicted molar refractivity (Wildman–Crippen MR) is 63.6 cm³/mol. The van der Waals surface area contributed by atoms with Gasteiger partial charge < -0.3 is 0 Å². The number of nitrogens with one attached hydrogen (secondary N) is 1. The monoisotopic (exact) mass is 243 g/mol. The normalized spacial score (nSPS) is 38.9. The Morgan fingerprint density at radius 1 is 1.12 bits per heavy atom. The molecular formula is C12H21NO2S. The van der Waals surface area contributed by atoms with Crippen LogP contribution >= 0.6 is 0 Å². The maximum atomic E-state index is 11.9. The van der Waals surface area contributed by atoms with Crippen molar-refractivity contribution in [2.45, 2.75) is 56.6 Å². The lowest BCUT2D eigenvalue weighted by Crippen LogP contribution is -2.42. The molecule has 92 valence electrons. The standard InChI is InChI=1S/C12H21NO2S/c14-16(15,11-2-1-3-11)13-9-12-6-4-10(8-12)5-7-12/h10-11,13H,1-9H2. The van der Waals surface area contributed by atoms with E-state index in [0.717, 1.165) is 25.2 Å². The molecule has 0 aromatic rings. The molecule has 0 saturated heterocycles. The Bertz CT molecular complexity index is 364. The Kier molecular flexibility index (Phi) is 2.55. The second-order valence-electron chi connectivity index (χ2n) is 6.07. The fourth-order valence-corrected chi connectivity index (χ4v) is 5.31. The number of fused-ring (bicyclic) bond motifs is 2. The molecule has 16 heavy (non-hydrogen) atoms. The average Bonchev–Trinajstić information content (AvgIpc) is 2.71. The van der Waals surface area contributed by atoms with Gasteiger partial charge in [-0.25, -0.2) is 13.1 Å². The molecule has 4 heteroatoms. The highest BCUT2D eigenvalue weighted by atomic mass is 32.2. The van der Waals surface area contributed by atoms with Gasteiger partial charge in [0.25, 0.3) is 0 Å². The summed E-state index contributed by atoms with van der Waals surface area (Å²) >= 11 is 0. The van der Waals surface area contributed by atoms with Crippen LogP contribution in [0.25, 0.3) is 0 Å². The summed E-state index contributed by atoms with van der Waals surface area (Å²) in [6.45, 7) is 0.711. The maximum absolute atomic E-state index is 11.9. The molecule has 0 unspecified atom stereocenters. The van der Waals surface area contributed by atoms with E-state index >= 15 is 0 Å². The second kappa shape index (κ2) is 3.70. The third-order valence-electron chi connectivity index (χ3n) is 5.03. The fraction of sp³-hybridized carbons (Fsp3) is 1.00. The fourth-order valence-electron chi connectivity index (χ4n) is 3.61. The molecule has 3 aliphatic rings. The van der Waals surface area contributed by atoms with Crippen molar-refractivity contribution in [3.05, 3.63) is 0 Å². The van der Waals surface area contributed by atoms with Gasteiger partial charge in [0, 0.05) is 6.54 Å². The van der Waals surface area contributed by atoms with Crippen LogP contribution in [0.4, 0.5) is 0 Å². The summed E-state index contributed by atoms with van der Waals surface area (Å²) in [5.74, 6) is 0.896. The van der Waals surface area contributed by atoms with Crippen LogP contribution in [-0.2, 0) is 10.0 Å². The minimum Gasteiger partial charge on any atom is -0.214 e. The summed E-state index contributed by atoms with van der Waals surface area (Å²) in [4.78, 5) is 0. The largest absolute Gasteiger partial charge is 0.214 e. The minimum absolute atomic E-state index is 0.0810. The van der Waals surface area contributed by atoms with Gasteiger partial charge in [-0.15, -0.1) is 0 Å². The molecule has 0 aliphatic heterocycles. The van der Waals surface area contributed by atoms with E-state index < -0.39 is 10.0 Å². The van der Waals surface area contributed by atoms with Gasteiger partial charge in [-0.1, -0.05) is 6.42 Å². The van der Waals surface area contributed by atoms with Crippen molar-refractivity contribution in [3.8, 4) is 0 Å². The summed E-state index contributed by atoms with van der Waals surface area (Å²) < 4.78 is 26.8. The first-order valence-corrected chi connectivity index (χ1v) is 8.13. The van der Waals surface area contributed by atoms with E-state index in [1.807, 2.05) is 0 Å². The Balaban J connectivity index is 1.60. The topological polar surface area (TPSA) is 46.2 Å². The molecule has 3 aliphatic carbocycles. The van der Waals surface area contributed by atoms with Crippen molar-refractivity contribution in [3.63, 3.8) is 0 Å². The molecule has 3 nitrogen and oxygen atoms in total. The Morgan fingerprint density at radius 2 is 1.81 bits per heavy atom. The molecular weight excluding hydrogens is 222 g/mol. The molecule has 3 fully saturated rings.